The van der Waals surface area contributed by atoms with Crippen molar-refractivity contribution in [2.24, 2.45) is 5.73 Å². The fourth-order valence-corrected chi connectivity index (χ4v) is 0.982. The van der Waals surface area contributed by atoms with Crippen LogP contribution in [0, 0.1) is 0 Å². The first-order valence-electron chi connectivity index (χ1n) is 4.10. The average molecular weight is 172 g/mol. The molecule has 70 valence electrons. The van der Waals surface area contributed by atoms with Crippen LogP contribution in [0.1, 0.15) is 26.7 Å². The van der Waals surface area contributed by atoms with Gasteiger partial charge >= 0.3 is 0 Å². The number of carbonyl (C=O) groups excluding carboxylic acids is 2. The molecule has 0 rings (SSSR count). The highest BCUT2D eigenvalue weighted by Gasteiger charge is 2.12. The first-order valence-corrected chi connectivity index (χ1v) is 4.10. The van der Waals surface area contributed by atoms with E-state index in [1.165, 1.54) is 6.92 Å². The summed E-state index contributed by atoms with van der Waals surface area (Å²) in [4.78, 5) is 21.3. The van der Waals surface area contributed by atoms with Gasteiger partial charge in [-0.1, -0.05) is 6.92 Å². The van der Waals surface area contributed by atoms with E-state index in [0.29, 0.717) is 6.42 Å². The summed E-state index contributed by atoms with van der Waals surface area (Å²) < 4.78 is 0. The van der Waals surface area contributed by atoms with Gasteiger partial charge in [0.2, 0.25) is 5.91 Å². The summed E-state index contributed by atoms with van der Waals surface area (Å²) >= 11 is 0. The SMILES string of the molecule is CCNC(CCC(N)=O)C(C)=O. The van der Waals surface area contributed by atoms with E-state index >= 15 is 0 Å². The number of primary amides is 1. The van der Waals surface area contributed by atoms with Crippen LogP contribution in [0.5, 0.6) is 0 Å². The van der Waals surface area contributed by atoms with Crippen molar-refractivity contribution in [3.05, 3.63) is 0 Å². The number of nitrogens with two attached hydrogens (primary N) is 1. The molecule has 0 fully saturated rings. The Balaban J connectivity index is 3.79. The van der Waals surface area contributed by atoms with Crippen molar-refractivity contribution in [3.8, 4) is 0 Å². The molecule has 0 spiro atoms. The molecule has 0 aromatic carbocycles. The van der Waals surface area contributed by atoms with Crippen LogP contribution in [0.25, 0.3) is 0 Å². The molecule has 0 aromatic heterocycles. The smallest absolute Gasteiger partial charge is 0.217 e. The van der Waals surface area contributed by atoms with E-state index in [2.05, 4.69) is 5.32 Å². The zero-order valence-electron chi connectivity index (χ0n) is 7.59. The number of hydrogen-bond donors (Lipinski definition) is 2. The topological polar surface area (TPSA) is 72.2 Å². The lowest BCUT2D eigenvalue weighted by molar-refractivity contribution is -0.120. The van der Waals surface area contributed by atoms with Gasteiger partial charge in [-0.2, -0.15) is 0 Å². The van der Waals surface area contributed by atoms with Crippen molar-refractivity contribution in [2.45, 2.75) is 32.7 Å². The van der Waals surface area contributed by atoms with Crippen LogP contribution in [0.2, 0.25) is 0 Å². The number of nitrogens with one attached hydrogen (secondary N) is 1. The van der Waals surface area contributed by atoms with Crippen LogP contribution < -0.4 is 11.1 Å². The van der Waals surface area contributed by atoms with Crippen LogP contribution >= 0.6 is 0 Å². The first-order chi connectivity index (χ1) is 5.57. The molecule has 0 saturated carbocycles. The van der Waals surface area contributed by atoms with Gasteiger partial charge in [-0.15, -0.1) is 0 Å². The monoisotopic (exact) mass is 172 g/mol. The van der Waals surface area contributed by atoms with Gasteiger partial charge < -0.3 is 11.1 Å². The lowest BCUT2D eigenvalue weighted by Crippen LogP contribution is -2.36. The van der Waals surface area contributed by atoms with Gasteiger partial charge in [-0.3, -0.25) is 9.59 Å². The number of rotatable bonds is 6. The number of carbonyl (C=O) groups is 2. The van der Waals surface area contributed by atoms with Crippen molar-refractivity contribution in [3.63, 3.8) is 0 Å². The maximum atomic E-state index is 10.9. The van der Waals surface area contributed by atoms with Crippen molar-refractivity contribution in [2.75, 3.05) is 6.54 Å². The summed E-state index contributed by atoms with van der Waals surface area (Å²) in [5.41, 5.74) is 4.96. The largest absolute Gasteiger partial charge is 0.370 e. The van der Waals surface area contributed by atoms with Crippen molar-refractivity contribution >= 4 is 11.7 Å². The zero-order chi connectivity index (χ0) is 9.56. The summed E-state index contributed by atoms with van der Waals surface area (Å²) in [5, 5.41) is 2.98. The van der Waals surface area contributed by atoms with Gasteiger partial charge in [0.15, 0.2) is 0 Å². The number of amides is 1. The quantitative estimate of drug-likeness (QED) is 0.583. The number of Topliss-reactive ketones (excluding diaryl/α,β-unsaturated/α-hetero) is 1. The van der Waals surface area contributed by atoms with Crippen LogP contribution in [0.4, 0.5) is 0 Å². The Morgan fingerprint density at radius 2 is 2.08 bits per heavy atom. The van der Waals surface area contributed by atoms with Gasteiger partial charge in [0, 0.05) is 6.42 Å². The van der Waals surface area contributed by atoms with Crippen LogP contribution in [-0.4, -0.2) is 24.3 Å². The first kappa shape index (κ1) is 11.1. The van der Waals surface area contributed by atoms with Gasteiger partial charge in [-0.25, -0.2) is 0 Å². The second-order valence-electron chi connectivity index (χ2n) is 2.73. The van der Waals surface area contributed by atoms with E-state index in [0.717, 1.165) is 6.54 Å². The van der Waals surface area contributed by atoms with Gasteiger partial charge in [0.1, 0.15) is 5.78 Å². The van der Waals surface area contributed by atoms with Crippen molar-refractivity contribution < 1.29 is 9.59 Å². The molecule has 0 bridgehead atoms. The molecule has 4 nitrogen and oxygen atoms in total. The van der Waals surface area contributed by atoms with E-state index in [-0.39, 0.29) is 24.2 Å². The van der Waals surface area contributed by atoms with Gasteiger partial charge in [0.25, 0.3) is 0 Å². The minimum Gasteiger partial charge on any atom is -0.370 e. The van der Waals surface area contributed by atoms with Crippen LogP contribution in [0.15, 0.2) is 0 Å². The van der Waals surface area contributed by atoms with E-state index in [1.54, 1.807) is 0 Å². The summed E-state index contributed by atoms with van der Waals surface area (Å²) in [7, 11) is 0. The maximum absolute atomic E-state index is 10.9. The van der Waals surface area contributed by atoms with E-state index in [9.17, 15) is 9.59 Å². The van der Waals surface area contributed by atoms with Gasteiger partial charge in [-0.05, 0) is 19.9 Å². The Hall–Kier alpha value is -0.900. The standard InChI is InChI=1S/C8H16N2O2/c1-3-10-7(6(2)11)4-5-8(9)12/h7,10H,3-5H2,1-2H3,(H2,9,12). The predicted molar refractivity (Wildman–Crippen MR) is 46.6 cm³/mol. The Morgan fingerprint density at radius 3 is 2.42 bits per heavy atom. The van der Waals surface area contributed by atoms with Crippen LogP contribution in [-0.2, 0) is 9.59 Å². The Morgan fingerprint density at radius 1 is 1.50 bits per heavy atom. The molecule has 1 amide bonds. The van der Waals surface area contributed by atoms with Crippen LogP contribution in [0.3, 0.4) is 0 Å². The molecule has 12 heavy (non-hydrogen) atoms. The van der Waals surface area contributed by atoms with Crippen molar-refractivity contribution in [1.29, 1.82) is 0 Å². The predicted octanol–water partition coefficient (Wildman–Crippen LogP) is -0.181. The Bertz CT molecular complexity index is 168. The molecule has 0 heterocycles. The third-order valence-corrected chi connectivity index (χ3v) is 1.62. The summed E-state index contributed by atoms with van der Waals surface area (Å²) in [6, 6.07) is -0.220. The Kier molecular flexibility index (Phi) is 5.28. The van der Waals surface area contributed by atoms with E-state index in [4.69, 9.17) is 5.73 Å². The minimum atomic E-state index is -0.362. The van der Waals surface area contributed by atoms with Gasteiger partial charge in [0.05, 0.1) is 6.04 Å². The molecule has 0 saturated heterocycles. The number of likely N-dealkylation sites (N-methyl/N-ethyl adjacent to an activating group) is 1. The number of hydrogen-bond acceptors (Lipinski definition) is 3. The summed E-state index contributed by atoms with van der Waals surface area (Å²) in [6.07, 6.45) is 0.760. The third-order valence-electron chi connectivity index (χ3n) is 1.62. The zero-order valence-corrected chi connectivity index (χ0v) is 7.59. The van der Waals surface area contributed by atoms with E-state index < -0.39 is 0 Å². The molecule has 4 heteroatoms. The fraction of sp³-hybridized carbons (Fsp3) is 0.750. The molecule has 0 aliphatic heterocycles. The second kappa shape index (κ2) is 5.71. The molecular formula is C8H16N2O2. The highest BCUT2D eigenvalue weighted by atomic mass is 16.1. The molecule has 0 aromatic rings. The molecule has 3 N–H and O–H groups in total. The molecule has 0 aliphatic rings. The normalized spacial score (nSPS) is 12.5. The molecule has 0 radical (unpaired) electrons. The lowest BCUT2D eigenvalue weighted by atomic mass is 10.1. The lowest BCUT2D eigenvalue weighted by Gasteiger charge is -2.12. The Labute approximate surface area is 72.5 Å². The summed E-state index contributed by atoms with van der Waals surface area (Å²) in [6.45, 7) is 4.15. The molecular weight excluding hydrogens is 156 g/mol. The third kappa shape index (κ3) is 4.85. The fourth-order valence-electron chi connectivity index (χ4n) is 0.982. The average Bonchev–Trinajstić information content (AvgIpc) is 1.96. The second-order valence-corrected chi connectivity index (χ2v) is 2.73. The molecule has 1 atom stereocenters. The van der Waals surface area contributed by atoms with E-state index in [1.807, 2.05) is 6.92 Å². The molecule has 0 aliphatic carbocycles. The maximum Gasteiger partial charge on any atom is 0.217 e. The molecule has 1 unspecified atom stereocenters. The highest BCUT2D eigenvalue weighted by Crippen LogP contribution is 1.97. The van der Waals surface area contributed by atoms with Crippen molar-refractivity contribution in [1.82, 2.24) is 5.32 Å². The summed E-state index contributed by atoms with van der Waals surface area (Å²) in [5.74, 6) is -0.308. The highest BCUT2D eigenvalue weighted by molar-refractivity contribution is 5.82. The minimum absolute atomic E-state index is 0.0538. The number of ketones is 1.